The summed E-state index contributed by atoms with van der Waals surface area (Å²) in [6.45, 7) is 6.75. The number of hydrogen-bond acceptors (Lipinski definition) is 1. The van der Waals surface area contributed by atoms with E-state index in [0.717, 1.165) is 12.1 Å². The second kappa shape index (κ2) is 5.40. The maximum Gasteiger partial charge on any atom is 0.0426 e. The lowest BCUT2D eigenvalue weighted by atomic mass is 9.77. The highest BCUT2D eigenvalue weighted by Crippen LogP contribution is 2.38. The van der Waals surface area contributed by atoms with Crippen molar-refractivity contribution in [1.29, 1.82) is 0 Å². The van der Waals surface area contributed by atoms with Crippen LogP contribution >= 0.6 is 0 Å². The minimum Gasteiger partial charge on any atom is -0.398 e. The number of fused-ring (bicyclic) bond motifs is 2. The van der Waals surface area contributed by atoms with E-state index in [2.05, 4.69) is 69.3 Å². The second-order valence-corrected chi connectivity index (χ2v) is 6.34. The van der Waals surface area contributed by atoms with E-state index in [0.29, 0.717) is 11.8 Å². The third-order valence-electron chi connectivity index (χ3n) is 4.72. The average Bonchev–Trinajstić information content (AvgIpc) is 2.50. The Balaban J connectivity index is 2.31. The third-order valence-corrected chi connectivity index (χ3v) is 4.72. The van der Waals surface area contributed by atoms with Gasteiger partial charge in [-0.2, -0.15) is 0 Å². The molecule has 0 heterocycles. The van der Waals surface area contributed by atoms with Crippen LogP contribution in [0.3, 0.4) is 0 Å². The van der Waals surface area contributed by atoms with Crippen molar-refractivity contribution in [1.82, 2.24) is 0 Å². The summed E-state index contributed by atoms with van der Waals surface area (Å²) < 4.78 is 0. The van der Waals surface area contributed by atoms with E-state index in [1.807, 2.05) is 0 Å². The van der Waals surface area contributed by atoms with Gasteiger partial charge in [0.15, 0.2) is 0 Å². The van der Waals surface area contributed by atoms with Crippen molar-refractivity contribution in [3.63, 3.8) is 0 Å². The topological polar surface area (TPSA) is 26.0 Å². The van der Waals surface area contributed by atoms with Gasteiger partial charge in [-0.15, -0.1) is 0 Å². The summed E-state index contributed by atoms with van der Waals surface area (Å²) >= 11 is 0. The summed E-state index contributed by atoms with van der Waals surface area (Å²) in [5.74, 6) is 1.10. The summed E-state index contributed by atoms with van der Waals surface area (Å²) in [7, 11) is 0. The molecule has 1 aliphatic carbocycles. The molecule has 108 valence electrons. The molecule has 1 atom stereocenters. The predicted octanol–water partition coefficient (Wildman–Crippen LogP) is 4.83. The minimum atomic E-state index is 0.508. The molecule has 0 radical (unpaired) electrons. The van der Waals surface area contributed by atoms with Crippen molar-refractivity contribution in [3.05, 3.63) is 70.8 Å². The van der Waals surface area contributed by atoms with Crippen LogP contribution in [0.2, 0.25) is 0 Å². The zero-order valence-corrected chi connectivity index (χ0v) is 13.1. The van der Waals surface area contributed by atoms with E-state index < -0.39 is 0 Å². The molecule has 1 aliphatic rings. The molecule has 1 heteroatoms. The largest absolute Gasteiger partial charge is 0.398 e. The van der Waals surface area contributed by atoms with Crippen LogP contribution in [0.5, 0.6) is 0 Å². The van der Waals surface area contributed by atoms with Gasteiger partial charge in [0, 0.05) is 11.3 Å². The Morgan fingerprint density at radius 1 is 0.952 bits per heavy atom. The first-order valence-corrected chi connectivity index (χ1v) is 7.73. The van der Waals surface area contributed by atoms with Crippen molar-refractivity contribution >= 4 is 11.3 Å². The Morgan fingerprint density at radius 3 is 2.29 bits per heavy atom. The molecule has 1 nitrogen and oxygen atoms in total. The molecule has 0 fully saturated rings. The smallest absolute Gasteiger partial charge is 0.0426 e. The maximum absolute atomic E-state index is 6.52. The minimum absolute atomic E-state index is 0.508. The molecule has 0 saturated carbocycles. The molecular formula is C20H23N. The van der Waals surface area contributed by atoms with Crippen LogP contribution in [-0.2, 0) is 6.42 Å². The van der Waals surface area contributed by atoms with Gasteiger partial charge in [-0.3, -0.25) is 0 Å². The van der Waals surface area contributed by atoms with Gasteiger partial charge >= 0.3 is 0 Å². The highest BCUT2D eigenvalue weighted by atomic mass is 14.6. The lowest BCUT2D eigenvalue weighted by Crippen LogP contribution is -2.17. The zero-order chi connectivity index (χ0) is 15.0. The molecule has 0 saturated heterocycles. The van der Waals surface area contributed by atoms with Crippen LogP contribution in [0.15, 0.2) is 48.5 Å². The zero-order valence-electron chi connectivity index (χ0n) is 13.1. The second-order valence-electron chi connectivity index (χ2n) is 6.34. The molecule has 0 bridgehead atoms. The molecule has 0 aliphatic heterocycles. The van der Waals surface area contributed by atoms with E-state index in [9.17, 15) is 0 Å². The first-order valence-electron chi connectivity index (χ1n) is 7.73. The van der Waals surface area contributed by atoms with Gasteiger partial charge in [-0.25, -0.2) is 0 Å². The fourth-order valence-electron chi connectivity index (χ4n) is 3.42. The normalized spacial score (nSPS) is 21.4. The maximum atomic E-state index is 6.52. The van der Waals surface area contributed by atoms with Gasteiger partial charge < -0.3 is 5.73 Å². The summed E-state index contributed by atoms with van der Waals surface area (Å²) in [5, 5.41) is 0. The van der Waals surface area contributed by atoms with Crippen molar-refractivity contribution < 1.29 is 0 Å². The predicted molar refractivity (Wildman–Crippen MR) is 90.8 cm³/mol. The molecule has 0 aromatic heterocycles. The van der Waals surface area contributed by atoms with Gasteiger partial charge in [0.25, 0.3) is 0 Å². The van der Waals surface area contributed by atoms with E-state index in [-0.39, 0.29) is 0 Å². The number of nitrogens with two attached hydrogens (primary N) is 1. The Labute approximate surface area is 127 Å². The quantitative estimate of drug-likeness (QED) is 0.794. The fourth-order valence-corrected chi connectivity index (χ4v) is 3.42. The lowest BCUT2D eigenvalue weighted by molar-refractivity contribution is 0.494. The van der Waals surface area contributed by atoms with Crippen LogP contribution in [0.1, 0.15) is 48.9 Å². The summed E-state index contributed by atoms with van der Waals surface area (Å²) in [4.78, 5) is 0. The first kappa shape index (κ1) is 13.9. The first-order chi connectivity index (χ1) is 10.1. The molecule has 0 spiro atoms. The summed E-state index contributed by atoms with van der Waals surface area (Å²) in [5.41, 5.74) is 13.9. The van der Waals surface area contributed by atoms with Crippen molar-refractivity contribution in [2.75, 3.05) is 0 Å². The van der Waals surface area contributed by atoms with Crippen LogP contribution in [0.25, 0.3) is 11.3 Å². The molecule has 2 aromatic carbocycles. The Hall–Kier alpha value is -2.02. The fraction of sp³-hybridized carbons (Fsp3) is 0.300. The van der Waals surface area contributed by atoms with Crippen LogP contribution in [0, 0.1) is 5.92 Å². The van der Waals surface area contributed by atoms with Crippen LogP contribution in [-0.4, -0.2) is 0 Å². The van der Waals surface area contributed by atoms with Gasteiger partial charge in [-0.05, 0) is 47.4 Å². The summed E-state index contributed by atoms with van der Waals surface area (Å²) in [6, 6.07) is 17.3. The molecule has 2 aromatic rings. The molecule has 0 amide bonds. The molecule has 2 N–H and O–H groups in total. The van der Waals surface area contributed by atoms with Crippen molar-refractivity contribution in [3.8, 4) is 0 Å². The van der Waals surface area contributed by atoms with Gasteiger partial charge in [0.1, 0.15) is 0 Å². The Morgan fingerprint density at radius 2 is 1.57 bits per heavy atom. The highest BCUT2D eigenvalue weighted by Gasteiger charge is 2.24. The standard InChI is InChI=1S/C20H23N/c1-13(2)19-12-15-8-4-5-9-16(15)14(3)20(21)18-11-7-6-10-17(18)19/h4-11,13,19H,12,21H2,1-3H3/b20-14+. The molecular weight excluding hydrogens is 254 g/mol. The SMILES string of the molecule is C/C1=C(\N)c2ccccc2C(C(C)C)Cc2ccccc21. The molecule has 1 unspecified atom stereocenters. The number of benzene rings is 2. The van der Waals surface area contributed by atoms with E-state index in [1.165, 1.54) is 27.8 Å². The van der Waals surface area contributed by atoms with Gasteiger partial charge in [-0.1, -0.05) is 62.4 Å². The highest BCUT2D eigenvalue weighted by molar-refractivity contribution is 5.90. The Bertz CT molecular complexity index is 694. The van der Waals surface area contributed by atoms with Crippen molar-refractivity contribution in [2.45, 2.75) is 33.1 Å². The molecule has 3 rings (SSSR count). The number of allylic oxidation sites excluding steroid dienone is 1. The number of rotatable bonds is 1. The van der Waals surface area contributed by atoms with Crippen molar-refractivity contribution in [2.24, 2.45) is 11.7 Å². The number of hydrogen-bond donors (Lipinski definition) is 1. The monoisotopic (exact) mass is 277 g/mol. The van der Waals surface area contributed by atoms with Gasteiger partial charge in [0.2, 0.25) is 0 Å². The average molecular weight is 277 g/mol. The van der Waals surface area contributed by atoms with E-state index >= 15 is 0 Å². The van der Waals surface area contributed by atoms with E-state index in [4.69, 9.17) is 5.73 Å². The summed E-state index contributed by atoms with van der Waals surface area (Å²) in [6.07, 6.45) is 1.08. The third kappa shape index (κ3) is 2.37. The van der Waals surface area contributed by atoms with Crippen LogP contribution in [0.4, 0.5) is 0 Å². The van der Waals surface area contributed by atoms with Crippen LogP contribution < -0.4 is 5.73 Å². The lowest BCUT2D eigenvalue weighted by Gasteiger charge is -2.28. The molecule has 21 heavy (non-hydrogen) atoms. The van der Waals surface area contributed by atoms with Gasteiger partial charge in [0.05, 0.1) is 0 Å². The Kier molecular flexibility index (Phi) is 3.59. The van der Waals surface area contributed by atoms with E-state index in [1.54, 1.807) is 0 Å².